The number of alkyl halides is 3. The number of nitrogens with zero attached hydrogens (tertiary/aromatic N) is 6. The molecule has 1 saturated heterocycles. The number of amides is 1. The number of halogens is 3. The van der Waals surface area contributed by atoms with Gasteiger partial charge in [-0.05, 0) is 18.9 Å². The van der Waals surface area contributed by atoms with Crippen LogP contribution in [0.5, 0.6) is 0 Å². The molecule has 0 spiro atoms. The molecule has 2 aromatic rings. The van der Waals surface area contributed by atoms with E-state index in [1.165, 1.54) is 4.90 Å². The summed E-state index contributed by atoms with van der Waals surface area (Å²) in [5.41, 5.74) is -1.60. The number of anilines is 2. The maximum atomic E-state index is 12.9. The Morgan fingerprint density at radius 1 is 1.19 bits per heavy atom. The van der Waals surface area contributed by atoms with Crippen molar-refractivity contribution < 1.29 is 18.0 Å². The number of carbonyl (C=O) groups is 1. The van der Waals surface area contributed by atoms with E-state index in [2.05, 4.69) is 15.1 Å². The molecule has 0 aliphatic carbocycles. The molecule has 31 heavy (non-hydrogen) atoms. The van der Waals surface area contributed by atoms with Crippen molar-refractivity contribution in [3.8, 4) is 0 Å². The predicted octanol–water partition coefficient (Wildman–Crippen LogP) is 1.45. The molecule has 168 valence electrons. The molecule has 1 aliphatic heterocycles. The number of aromatic nitrogens is 4. The summed E-state index contributed by atoms with van der Waals surface area (Å²) < 4.78 is 38.6. The lowest BCUT2D eigenvalue weighted by molar-refractivity contribution is -0.138. The minimum Gasteiger partial charge on any atom is -0.358 e. The molecule has 1 N–H and O–H groups in total. The zero-order valence-electron chi connectivity index (χ0n) is 17.3. The summed E-state index contributed by atoms with van der Waals surface area (Å²) in [4.78, 5) is 37.7. The van der Waals surface area contributed by atoms with Gasteiger partial charge in [0.2, 0.25) is 11.9 Å². The molecule has 1 fully saturated rings. The highest BCUT2D eigenvalue weighted by molar-refractivity contribution is 5.76. The summed E-state index contributed by atoms with van der Waals surface area (Å²) in [5, 5.41) is 5.53. The monoisotopic (exact) mass is 439 g/mol. The summed E-state index contributed by atoms with van der Waals surface area (Å²) in [6.45, 7) is 4.62. The average molecular weight is 439 g/mol. The van der Waals surface area contributed by atoms with Crippen molar-refractivity contribution in [1.82, 2.24) is 25.1 Å². The summed E-state index contributed by atoms with van der Waals surface area (Å²) in [6, 6.07) is 0.715. The van der Waals surface area contributed by atoms with Crippen LogP contribution in [0.2, 0.25) is 0 Å². The zero-order chi connectivity index (χ0) is 22.6. The average Bonchev–Trinajstić information content (AvgIpc) is 2.73. The van der Waals surface area contributed by atoms with Crippen LogP contribution in [0.15, 0.2) is 23.3 Å². The molecule has 9 nitrogen and oxygen atoms in total. The molecule has 0 unspecified atom stereocenters. The lowest BCUT2D eigenvalue weighted by Gasteiger charge is -2.34. The van der Waals surface area contributed by atoms with Gasteiger partial charge >= 0.3 is 6.18 Å². The summed E-state index contributed by atoms with van der Waals surface area (Å²) in [7, 11) is 1.56. The van der Waals surface area contributed by atoms with Gasteiger partial charge in [-0.2, -0.15) is 18.3 Å². The van der Waals surface area contributed by atoms with Crippen LogP contribution in [0.3, 0.4) is 0 Å². The highest BCUT2D eigenvalue weighted by Crippen LogP contribution is 2.27. The molecule has 0 atom stereocenters. The highest BCUT2D eigenvalue weighted by Gasteiger charge is 2.34. The Morgan fingerprint density at radius 3 is 2.45 bits per heavy atom. The molecule has 0 saturated carbocycles. The van der Waals surface area contributed by atoms with Gasteiger partial charge in [0.25, 0.3) is 5.56 Å². The maximum Gasteiger partial charge on any atom is 0.421 e. The smallest absolute Gasteiger partial charge is 0.358 e. The fraction of sp³-hybridized carbons (Fsp3) is 0.526. The molecular weight excluding hydrogens is 415 g/mol. The van der Waals surface area contributed by atoms with E-state index in [1.54, 1.807) is 24.3 Å². The quantitative estimate of drug-likeness (QED) is 0.728. The number of hydrogen-bond donors (Lipinski definition) is 1. The van der Waals surface area contributed by atoms with Crippen LogP contribution in [-0.2, 0) is 11.0 Å². The van der Waals surface area contributed by atoms with E-state index in [0.717, 1.165) is 5.56 Å². The van der Waals surface area contributed by atoms with E-state index >= 15 is 0 Å². The Kier molecular flexibility index (Phi) is 6.76. The fourth-order valence-corrected chi connectivity index (χ4v) is 3.25. The van der Waals surface area contributed by atoms with E-state index in [9.17, 15) is 22.8 Å². The minimum absolute atomic E-state index is 0.00825. The Balaban J connectivity index is 1.46. The van der Waals surface area contributed by atoms with Crippen LogP contribution in [-0.4, -0.2) is 70.7 Å². The lowest BCUT2D eigenvalue weighted by Crippen LogP contribution is -2.49. The summed E-state index contributed by atoms with van der Waals surface area (Å²) >= 11 is 0. The number of carbonyl (C=O) groups excluding carboxylic acids is 1. The molecule has 1 amide bonds. The van der Waals surface area contributed by atoms with Crippen LogP contribution in [0, 0.1) is 6.92 Å². The number of nitrogens with one attached hydrogen (secondary N) is 1. The number of aryl methyl sites for hydroxylation is 1. The van der Waals surface area contributed by atoms with E-state index in [0.29, 0.717) is 51.2 Å². The zero-order valence-corrected chi connectivity index (χ0v) is 17.3. The first-order valence-corrected chi connectivity index (χ1v) is 9.84. The van der Waals surface area contributed by atoms with Gasteiger partial charge < -0.3 is 14.7 Å². The normalized spacial score (nSPS) is 14.6. The number of H-pyrrole nitrogens is 1. The van der Waals surface area contributed by atoms with Gasteiger partial charge in [-0.15, -0.1) is 0 Å². The van der Waals surface area contributed by atoms with Crippen LogP contribution in [0.25, 0.3) is 0 Å². The number of aromatic amines is 1. The van der Waals surface area contributed by atoms with Gasteiger partial charge in [0.15, 0.2) is 0 Å². The lowest BCUT2D eigenvalue weighted by atomic mass is 10.2. The highest BCUT2D eigenvalue weighted by atomic mass is 19.4. The third-order valence-corrected chi connectivity index (χ3v) is 5.05. The summed E-state index contributed by atoms with van der Waals surface area (Å²) in [5.74, 6) is 0.625. The fourth-order valence-electron chi connectivity index (χ4n) is 3.25. The third kappa shape index (κ3) is 5.70. The number of hydrogen-bond acceptors (Lipinski definition) is 7. The third-order valence-electron chi connectivity index (χ3n) is 5.05. The standard InChI is InChI=1S/C19H24F3N7O2/c1-13-11-23-18(24-12-13)29-8-6-28(7-9-29)16(30)4-3-5-27(2)15-10-14(19(20,21)22)17(31)26-25-15/h10-12H,3-9H2,1-2H3,(H,26,31). The van der Waals surface area contributed by atoms with Gasteiger partial charge in [0.1, 0.15) is 11.4 Å². The van der Waals surface area contributed by atoms with Gasteiger partial charge in [-0.25, -0.2) is 15.1 Å². The van der Waals surface area contributed by atoms with Crippen LogP contribution in [0.1, 0.15) is 24.0 Å². The van der Waals surface area contributed by atoms with E-state index in [1.807, 2.05) is 16.9 Å². The topological polar surface area (TPSA) is 98.3 Å². The molecule has 0 radical (unpaired) electrons. The number of rotatable bonds is 6. The Bertz CT molecular complexity index is 954. The molecule has 3 heterocycles. The second kappa shape index (κ2) is 9.31. The first-order valence-electron chi connectivity index (χ1n) is 9.84. The van der Waals surface area contributed by atoms with Crippen molar-refractivity contribution in [3.63, 3.8) is 0 Å². The van der Waals surface area contributed by atoms with Crippen LogP contribution < -0.4 is 15.4 Å². The minimum atomic E-state index is -4.76. The van der Waals surface area contributed by atoms with Crippen molar-refractivity contribution in [2.45, 2.75) is 25.9 Å². The van der Waals surface area contributed by atoms with Crippen molar-refractivity contribution in [2.75, 3.05) is 49.6 Å². The largest absolute Gasteiger partial charge is 0.421 e. The first kappa shape index (κ1) is 22.5. The van der Waals surface area contributed by atoms with Crippen molar-refractivity contribution in [2.24, 2.45) is 0 Å². The van der Waals surface area contributed by atoms with Crippen molar-refractivity contribution in [1.29, 1.82) is 0 Å². The Hall–Kier alpha value is -3.18. The van der Waals surface area contributed by atoms with Gasteiger partial charge in [-0.1, -0.05) is 0 Å². The Morgan fingerprint density at radius 2 is 1.84 bits per heavy atom. The molecule has 3 rings (SSSR count). The van der Waals surface area contributed by atoms with Gasteiger partial charge in [0, 0.05) is 64.7 Å². The van der Waals surface area contributed by atoms with Crippen LogP contribution in [0.4, 0.5) is 24.9 Å². The first-order chi connectivity index (χ1) is 14.6. The van der Waals surface area contributed by atoms with E-state index in [4.69, 9.17) is 0 Å². The molecule has 2 aromatic heterocycles. The number of piperazine rings is 1. The van der Waals surface area contributed by atoms with E-state index < -0.39 is 17.3 Å². The molecule has 12 heteroatoms. The maximum absolute atomic E-state index is 12.9. The van der Waals surface area contributed by atoms with Crippen molar-refractivity contribution >= 4 is 17.7 Å². The van der Waals surface area contributed by atoms with Gasteiger partial charge in [-0.3, -0.25) is 9.59 Å². The predicted molar refractivity (Wildman–Crippen MR) is 108 cm³/mol. The second-order valence-corrected chi connectivity index (χ2v) is 7.42. The molecule has 0 bridgehead atoms. The van der Waals surface area contributed by atoms with E-state index in [-0.39, 0.29) is 18.1 Å². The van der Waals surface area contributed by atoms with Crippen LogP contribution >= 0.6 is 0 Å². The second-order valence-electron chi connectivity index (χ2n) is 7.42. The molecule has 1 aliphatic rings. The molecule has 0 aromatic carbocycles. The SMILES string of the molecule is Cc1cnc(N2CCN(C(=O)CCCN(C)c3cc(C(F)(F)F)c(=O)[nH]n3)CC2)nc1. The van der Waals surface area contributed by atoms with Gasteiger partial charge in [0.05, 0.1) is 0 Å². The summed E-state index contributed by atoms with van der Waals surface area (Å²) in [6.07, 6.45) is -0.538. The Labute approximate surface area is 176 Å². The van der Waals surface area contributed by atoms with Crippen molar-refractivity contribution in [3.05, 3.63) is 39.9 Å². The molecular formula is C19H24F3N7O2.